The molecule has 17 heavy (non-hydrogen) atoms. The maximum absolute atomic E-state index is 5.23. The number of nitrogens with one attached hydrogen (secondary N) is 1. The maximum atomic E-state index is 5.23. The summed E-state index contributed by atoms with van der Waals surface area (Å²) in [5, 5.41) is 3.66. The fourth-order valence-corrected chi connectivity index (χ4v) is 3.26. The molecule has 0 radical (unpaired) electrons. The first-order valence-electron chi connectivity index (χ1n) is 7.07. The Hall–Kier alpha value is -0.120. The number of methoxy groups -OCH3 is 1. The van der Waals surface area contributed by atoms with Crippen molar-refractivity contribution >= 4 is 0 Å². The van der Waals surface area contributed by atoms with E-state index in [1.807, 2.05) is 0 Å². The van der Waals surface area contributed by atoms with Gasteiger partial charge in [-0.3, -0.25) is 4.90 Å². The summed E-state index contributed by atoms with van der Waals surface area (Å²) in [6.07, 6.45) is 3.98. The van der Waals surface area contributed by atoms with Crippen LogP contribution in [-0.4, -0.2) is 49.3 Å². The lowest BCUT2D eigenvalue weighted by atomic mass is 9.88. The number of ether oxygens (including phenoxy) is 1. The van der Waals surface area contributed by atoms with E-state index < -0.39 is 0 Å². The van der Waals surface area contributed by atoms with Gasteiger partial charge in [-0.05, 0) is 46.0 Å². The van der Waals surface area contributed by atoms with Crippen LogP contribution in [0.3, 0.4) is 0 Å². The Bertz CT molecular complexity index is 255. The molecular formula is C14H28N2O. The fourth-order valence-electron chi connectivity index (χ4n) is 3.26. The topological polar surface area (TPSA) is 24.5 Å². The Morgan fingerprint density at radius 3 is 2.76 bits per heavy atom. The highest BCUT2D eigenvalue weighted by Gasteiger charge is 2.48. The molecule has 2 fully saturated rings. The Morgan fingerprint density at radius 2 is 2.18 bits per heavy atom. The molecule has 0 aromatic heterocycles. The Morgan fingerprint density at radius 1 is 1.47 bits per heavy atom. The molecule has 1 heterocycles. The molecule has 0 aromatic carbocycles. The summed E-state index contributed by atoms with van der Waals surface area (Å²) < 4.78 is 5.23. The van der Waals surface area contributed by atoms with E-state index in [0.29, 0.717) is 17.6 Å². The summed E-state index contributed by atoms with van der Waals surface area (Å²) in [6, 6.07) is 1.25. The van der Waals surface area contributed by atoms with Gasteiger partial charge in [0, 0.05) is 44.4 Å². The fraction of sp³-hybridized carbons (Fsp3) is 1.00. The second-order valence-electron chi connectivity index (χ2n) is 6.20. The van der Waals surface area contributed by atoms with Crippen LogP contribution in [0, 0.1) is 5.92 Å². The lowest BCUT2D eigenvalue weighted by Crippen LogP contribution is -2.66. The predicted octanol–water partition coefficient (Wildman–Crippen LogP) is 1.87. The first kappa shape index (κ1) is 13.3. The van der Waals surface area contributed by atoms with Crippen LogP contribution in [0.25, 0.3) is 0 Å². The van der Waals surface area contributed by atoms with Crippen LogP contribution in [0.4, 0.5) is 0 Å². The minimum absolute atomic E-state index is 0.375. The lowest BCUT2D eigenvalue weighted by Gasteiger charge is -2.51. The van der Waals surface area contributed by atoms with Gasteiger partial charge in [0.2, 0.25) is 0 Å². The molecule has 1 aliphatic heterocycles. The van der Waals surface area contributed by atoms with Crippen LogP contribution in [-0.2, 0) is 4.74 Å². The van der Waals surface area contributed by atoms with Crippen molar-refractivity contribution in [2.24, 2.45) is 5.92 Å². The van der Waals surface area contributed by atoms with Crippen molar-refractivity contribution in [3.05, 3.63) is 0 Å². The SMILES string of the molecule is COCCC(C)N1CC(C)NCC1(C)C1CC1. The molecule has 1 N–H and O–H groups in total. The van der Waals surface area contributed by atoms with Crippen LogP contribution in [0.15, 0.2) is 0 Å². The summed E-state index contributed by atoms with van der Waals surface area (Å²) in [6.45, 7) is 10.3. The zero-order chi connectivity index (χ0) is 12.5. The third-order valence-electron chi connectivity index (χ3n) is 4.66. The number of hydrogen-bond donors (Lipinski definition) is 1. The van der Waals surface area contributed by atoms with Gasteiger partial charge in [0.1, 0.15) is 0 Å². The summed E-state index contributed by atoms with van der Waals surface area (Å²) in [7, 11) is 1.80. The smallest absolute Gasteiger partial charge is 0.0477 e. The van der Waals surface area contributed by atoms with Gasteiger partial charge < -0.3 is 10.1 Å². The average molecular weight is 240 g/mol. The summed E-state index contributed by atoms with van der Waals surface area (Å²) in [5.74, 6) is 0.910. The quantitative estimate of drug-likeness (QED) is 0.794. The predicted molar refractivity (Wildman–Crippen MR) is 71.3 cm³/mol. The molecule has 0 aromatic rings. The molecule has 2 rings (SSSR count). The van der Waals surface area contributed by atoms with Crippen LogP contribution in [0.2, 0.25) is 0 Å². The number of nitrogens with zero attached hydrogens (tertiary/aromatic N) is 1. The first-order chi connectivity index (χ1) is 8.08. The second-order valence-corrected chi connectivity index (χ2v) is 6.20. The van der Waals surface area contributed by atoms with Crippen molar-refractivity contribution in [2.75, 3.05) is 26.8 Å². The molecule has 0 spiro atoms. The monoisotopic (exact) mass is 240 g/mol. The van der Waals surface area contributed by atoms with E-state index >= 15 is 0 Å². The van der Waals surface area contributed by atoms with Crippen molar-refractivity contribution in [1.82, 2.24) is 10.2 Å². The van der Waals surface area contributed by atoms with E-state index in [2.05, 4.69) is 31.0 Å². The van der Waals surface area contributed by atoms with Crippen LogP contribution >= 0.6 is 0 Å². The normalized spacial score (nSPS) is 37.1. The highest BCUT2D eigenvalue weighted by atomic mass is 16.5. The van der Waals surface area contributed by atoms with Gasteiger partial charge in [0.25, 0.3) is 0 Å². The van der Waals surface area contributed by atoms with Gasteiger partial charge in [-0.1, -0.05) is 0 Å². The van der Waals surface area contributed by atoms with Crippen molar-refractivity contribution in [1.29, 1.82) is 0 Å². The average Bonchev–Trinajstić information content (AvgIpc) is 3.13. The Labute approximate surface area is 106 Å². The number of rotatable bonds is 5. The van der Waals surface area contributed by atoms with Gasteiger partial charge in [-0.25, -0.2) is 0 Å². The second kappa shape index (κ2) is 5.25. The van der Waals surface area contributed by atoms with E-state index in [9.17, 15) is 0 Å². The zero-order valence-electron chi connectivity index (χ0n) is 11.8. The van der Waals surface area contributed by atoms with E-state index in [1.165, 1.54) is 19.4 Å². The van der Waals surface area contributed by atoms with Crippen LogP contribution in [0.5, 0.6) is 0 Å². The molecule has 3 heteroatoms. The molecule has 100 valence electrons. The third-order valence-corrected chi connectivity index (χ3v) is 4.66. The van der Waals surface area contributed by atoms with E-state index in [4.69, 9.17) is 4.74 Å². The van der Waals surface area contributed by atoms with Gasteiger partial charge in [-0.15, -0.1) is 0 Å². The zero-order valence-corrected chi connectivity index (χ0v) is 11.8. The molecule has 0 bridgehead atoms. The van der Waals surface area contributed by atoms with Crippen molar-refractivity contribution in [3.63, 3.8) is 0 Å². The van der Waals surface area contributed by atoms with Gasteiger partial charge >= 0.3 is 0 Å². The van der Waals surface area contributed by atoms with E-state index in [1.54, 1.807) is 7.11 Å². The standard InChI is InChI=1S/C14H28N2O/c1-11-9-16(12(2)7-8-17-4)14(3,10-15-11)13-5-6-13/h11-13,15H,5-10H2,1-4H3. The van der Waals surface area contributed by atoms with Crippen molar-refractivity contribution in [2.45, 2.75) is 57.7 Å². The summed E-state index contributed by atoms with van der Waals surface area (Å²) in [4.78, 5) is 2.74. The third kappa shape index (κ3) is 2.83. The van der Waals surface area contributed by atoms with Crippen LogP contribution in [0.1, 0.15) is 40.0 Å². The van der Waals surface area contributed by atoms with E-state index in [0.717, 1.165) is 25.5 Å². The number of hydrogen-bond acceptors (Lipinski definition) is 3. The van der Waals surface area contributed by atoms with Crippen molar-refractivity contribution in [3.8, 4) is 0 Å². The molecule has 1 saturated heterocycles. The van der Waals surface area contributed by atoms with E-state index in [-0.39, 0.29) is 0 Å². The number of piperazine rings is 1. The molecule has 1 saturated carbocycles. The van der Waals surface area contributed by atoms with Crippen molar-refractivity contribution < 1.29 is 4.74 Å². The molecule has 3 atom stereocenters. The molecule has 3 nitrogen and oxygen atoms in total. The maximum Gasteiger partial charge on any atom is 0.0477 e. The molecule has 3 unspecified atom stereocenters. The van der Waals surface area contributed by atoms with Crippen LogP contribution < -0.4 is 5.32 Å². The first-order valence-corrected chi connectivity index (χ1v) is 7.07. The lowest BCUT2D eigenvalue weighted by molar-refractivity contribution is -0.00310. The largest absolute Gasteiger partial charge is 0.385 e. The minimum atomic E-state index is 0.375. The summed E-state index contributed by atoms with van der Waals surface area (Å²) in [5.41, 5.74) is 0.375. The molecular weight excluding hydrogens is 212 g/mol. The summed E-state index contributed by atoms with van der Waals surface area (Å²) >= 11 is 0. The van der Waals surface area contributed by atoms with Gasteiger partial charge in [0.05, 0.1) is 0 Å². The van der Waals surface area contributed by atoms with Gasteiger partial charge in [-0.2, -0.15) is 0 Å². The Balaban J connectivity index is 2.02. The minimum Gasteiger partial charge on any atom is -0.385 e. The Kier molecular flexibility index (Phi) is 4.11. The van der Waals surface area contributed by atoms with Gasteiger partial charge in [0.15, 0.2) is 0 Å². The highest BCUT2D eigenvalue weighted by Crippen LogP contribution is 2.44. The molecule has 2 aliphatic rings. The molecule has 1 aliphatic carbocycles. The molecule has 0 amide bonds. The highest BCUT2D eigenvalue weighted by molar-refractivity contribution is 5.05.